The Morgan fingerprint density at radius 2 is 1.37 bits per heavy atom. The number of anilines is 2. The van der Waals surface area contributed by atoms with Crippen LogP contribution < -0.4 is 19.3 Å². The zero-order valence-electron chi connectivity index (χ0n) is 21.8. The van der Waals surface area contributed by atoms with E-state index in [1.165, 1.54) is 9.80 Å². The van der Waals surface area contributed by atoms with Crippen molar-refractivity contribution in [2.45, 2.75) is 34.1 Å². The highest BCUT2D eigenvalue weighted by Crippen LogP contribution is 2.36. The summed E-state index contributed by atoms with van der Waals surface area (Å²) in [6, 6.07) is 18.6. The van der Waals surface area contributed by atoms with Crippen molar-refractivity contribution in [1.29, 1.82) is 0 Å². The molecule has 3 aromatic carbocycles. The largest absolute Gasteiger partial charge is 0.490 e. The first kappa shape index (κ1) is 27.8. The van der Waals surface area contributed by atoms with Crippen molar-refractivity contribution in [1.82, 2.24) is 0 Å². The van der Waals surface area contributed by atoms with Crippen LogP contribution in [0.15, 0.2) is 66.2 Å². The fourth-order valence-electron chi connectivity index (χ4n) is 4.02. The molecule has 0 atom stereocenters. The first-order chi connectivity index (χ1) is 18.2. The summed E-state index contributed by atoms with van der Waals surface area (Å²) in [6.07, 6.45) is 2.46. The van der Waals surface area contributed by atoms with Crippen LogP contribution in [0.25, 0.3) is 6.08 Å². The molecule has 3 aromatic rings. The summed E-state index contributed by atoms with van der Waals surface area (Å²) < 4.78 is 12.6. The Kier molecular flexibility index (Phi) is 8.83. The smallest absolute Gasteiger partial charge is 0.270 e. The van der Waals surface area contributed by atoms with E-state index in [9.17, 15) is 9.59 Å². The van der Waals surface area contributed by atoms with Crippen LogP contribution in [-0.4, -0.2) is 30.1 Å². The fraction of sp³-hybridized carbons (Fsp3) is 0.233. The van der Waals surface area contributed by atoms with Gasteiger partial charge in [-0.15, -0.1) is 0 Å². The maximum Gasteiger partial charge on any atom is 0.270 e. The summed E-state index contributed by atoms with van der Waals surface area (Å²) >= 11 is 7.92. The molecule has 1 heterocycles. The van der Waals surface area contributed by atoms with Crippen molar-refractivity contribution in [3.63, 3.8) is 0 Å². The molecule has 2 amide bonds. The van der Waals surface area contributed by atoms with Gasteiger partial charge in [0.25, 0.3) is 11.8 Å². The summed E-state index contributed by atoms with van der Waals surface area (Å²) in [5.41, 5.74) is 3.94. The highest BCUT2D eigenvalue weighted by atomic mass is 127. The second-order valence-corrected chi connectivity index (χ2v) is 10.4. The summed E-state index contributed by atoms with van der Waals surface area (Å²) in [7, 11) is 0. The molecule has 1 aliphatic rings. The van der Waals surface area contributed by atoms with Gasteiger partial charge in [-0.3, -0.25) is 19.4 Å². The highest BCUT2D eigenvalue weighted by Gasteiger charge is 2.41. The van der Waals surface area contributed by atoms with Gasteiger partial charge in [-0.25, -0.2) is 0 Å². The Balaban J connectivity index is 1.85. The van der Waals surface area contributed by atoms with Crippen LogP contribution in [-0.2, 0) is 9.59 Å². The molecule has 1 aliphatic heterocycles. The fourth-order valence-corrected chi connectivity index (χ4v) is 5.18. The van der Waals surface area contributed by atoms with Crippen molar-refractivity contribution in [2.75, 3.05) is 23.0 Å². The lowest BCUT2D eigenvalue weighted by molar-refractivity contribution is -0.120. The molecular weight excluding hydrogens is 611 g/mol. The number of halogens is 1. The number of rotatable bonds is 8. The van der Waals surface area contributed by atoms with Gasteiger partial charge in [0.2, 0.25) is 0 Å². The molecule has 0 spiro atoms. The van der Waals surface area contributed by atoms with Crippen molar-refractivity contribution in [3.8, 4) is 11.5 Å². The van der Waals surface area contributed by atoms with Crippen LogP contribution in [0.2, 0.25) is 0 Å². The van der Waals surface area contributed by atoms with Gasteiger partial charge in [-0.05, 0) is 110 Å². The molecule has 196 valence electrons. The molecule has 0 radical (unpaired) electrons. The van der Waals surface area contributed by atoms with Crippen LogP contribution in [0.3, 0.4) is 0 Å². The van der Waals surface area contributed by atoms with Gasteiger partial charge in [-0.1, -0.05) is 42.3 Å². The van der Waals surface area contributed by atoms with Gasteiger partial charge >= 0.3 is 0 Å². The number of thiocarbonyl (C=S) groups is 1. The molecule has 0 unspecified atom stereocenters. The molecule has 4 rings (SSSR count). The standard InChI is InChI=1S/C30H29IN2O4S/c1-5-15-37-27-25(31)17-21(18-26(27)36-6-2)16-24-28(34)32(22-11-7-19(3)8-12-22)30(38)33(29(24)35)23-13-9-20(4)10-14-23/h7-14,16-18H,5-6,15H2,1-4H3. The zero-order chi connectivity index (χ0) is 27.4. The summed E-state index contributed by atoms with van der Waals surface area (Å²) in [4.78, 5) is 30.5. The van der Waals surface area contributed by atoms with Crippen LogP contribution in [0.4, 0.5) is 11.4 Å². The van der Waals surface area contributed by atoms with Crippen molar-refractivity contribution < 1.29 is 19.1 Å². The third-order valence-electron chi connectivity index (χ3n) is 5.93. The molecule has 8 heteroatoms. The topological polar surface area (TPSA) is 59.1 Å². The van der Waals surface area contributed by atoms with Crippen LogP contribution in [0, 0.1) is 17.4 Å². The summed E-state index contributed by atoms with van der Waals surface area (Å²) in [6.45, 7) is 8.89. The lowest BCUT2D eigenvalue weighted by atomic mass is 10.0. The van der Waals surface area contributed by atoms with Crippen molar-refractivity contribution in [2.24, 2.45) is 0 Å². The minimum atomic E-state index is -0.480. The number of ether oxygens (including phenoxy) is 2. The first-order valence-corrected chi connectivity index (χ1v) is 13.9. The van der Waals surface area contributed by atoms with E-state index in [1.54, 1.807) is 12.1 Å². The Labute approximate surface area is 242 Å². The molecule has 0 saturated carbocycles. The molecular formula is C30H29IN2O4S. The molecule has 6 nitrogen and oxygen atoms in total. The van der Waals surface area contributed by atoms with Gasteiger partial charge in [0.15, 0.2) is 16.6 Å². The van der Waals surface area contributed by atoms with E-state index in [0.29, 0.717) is 41.7 Å². The van der Waals surface area contributed by atoms with E-state index in [-0.39, 0.29) is 10.7 Å². The normalized spacial score (nSPS) is 13.7. The third-order valence-corrected chi connectivity index (χ3v) is 7.09. The third kappa shape index (κ3) is 5.76. The molecule has 1 saturated heterocycles. The number of carbonyl (C=O) groups excluding carboxylic acids is 2. The summed E-state index contributed by atoms with van der Waals surface area (Å²) in [5, 5.41) is 0.109. The zero-order valence-corrected chi connectivity index (χ0v) is 24.8. The molecule has 38 heavy (non-hydrogen) atoms. The van der Waals surface area contributed by atoms with E-state index < -0.39 is 11.8 Å². The number of nitrogens with zero attached hydrogens (tertiary/aromatic N) is 2. The predicted molar refractivity (Wildman–Crippen MR) is 164 cm³/mol. The van der Waals surface area contributed by atoms with Crippen molar-refractivity contribution >= 4 is 69.2 Å². The summed E-state index contributed by atoms with van der Waals surface area (Å²) in [5.74, 6) is 0.260. The molecule has 0 bridgehead atoms. The monoisotopic (exact) mass is 640 g/mol. The lowest BCUT2D eigenvalue weighted by Crippen LogP contribution is -2.56. The second kappa shape index (κ2) is 12.1. The minimum Gasteiger partial charge on any atom is -0.490 e. The van der Waals surface area contributed by atoms with Gasteiger partial charge in [0.05, 0.1) is 28.2 Å². The van der Waals surface area contributed by atoms with Gasteiger partial charge in [0, 0.05) is 0 Å². The van der Waals surface area contributed by atoms with E-state index in [1.807, 2.05) is 82.3 Å². The van der Waals surface area contributed by atoms with E-state index in [2.05, 4.69) is 22.6 Å². The number of hydrogen-bond acceptors (Lipinski definition) is 5. The van der Waals surface area contributed by atoms with Crippen LogP contribution in [0.5, 0.6) is 11.5 Å². The predicted octanol–water partition coefficient (Wildman–Crippen LogP) is 6.84. The molecule has 0 aliphatic carbocycles. The average Bonchev–Trinajstić information content (AvgIpc) is 2.88. The first-order valence-electron chi connectivity index (χ1n) is 12.4. The Bertz CT molecular complexity index is 1330. The van der Waals surface area contributed by atoms with Gasteiger partial charge in [-0.2, -0.15) is 0 Å². The van der Waals surface area contributed by atoms with E-state index in [0.717, 1.165) is 21.1 Å². The van der Waals surface area contributed by atoms with Crippen molar-refractivity contribution in [3.05, 3.63) is 86.5 Å². The lowest BCUT2D eigenvalue weighted by Gasteiger charge is -2.36. The minimum absolute atomic E-state index is 0.000208. The second-order valence-electron chi connectivity index (χ2n) is 8.90. The number of aryl methyl sites for hydroxylation is 2. The van der Waals surface area contributed by atoms with E-state index in [4.69, 9.17) is 21.7 Å². The number of carbonyl (C=O) groups is 2. The number of benzene rings is 3. The highest BCUT2D eigenvalue weighted by molar-refractivity contribution is 14.1. The Hall–Kier alpha value is -3.24. The van der Waals surface area contributed by atoms with E-state index >= 15 is 0 Å². The van der Waals surface area contributed by atoms with Crippen LogP contribution >= 0.6 is 34.8 Å². The average molecular weight is 641 g/mol. The number of hydrogen-bond donors (Lipinski definition) is 0. The number of amides is 2. The molecule has 0 N–H and O–H groups in total. The Morgan fingerprint density at radius 3 is 1.84 bits per heavy atom. The maximum atomic E-state index is 13.8. The molecule has 1 fully saturated rings. The SMILES string of the molecule is CCCOc1c(I)cc(C=C2C(=O)N(c3ccc(C)cc3)C(=S)N(c3ccc(C)cc3)C2=O)cc1OCC. The Morgan fingerprint density at radius 1 is 0.842 bits per heavy atom. The van der Waals surface area contributed by atoms with Gasteiger partial charge in [0.1, 0.15) is 5.57 Å². The quantitative estimate of drug-likeness (QED) is 0.117. The maximum absolute atomic E-state index is 13.8. The van der Waals surface area contributed by atoms with Crippen LogP contribution in [0.1, 0.15) is 37.0 Å². The van der Waals surface area contributed by atoms with Gasteiger partial charge < -0.3 is 9.47 Å². The molecule has 0 aromatic heterocycles.